The summed E-state index contributed by atoms with van der Waals surface area (Å²) in [6.07, 6.45) is 2.01. The predicted octanol–water partition coefficient (Wildman–Crippen LogP) is 2.95. The minimum absolute atomic E-state index is 0.0294. The van der Waals surface area contributed by atoms with E-state index in [2.05, 4.69) is 56.1 Å². The molecule has 148 valence electrons. The van der Waals surface area contributed by atoms with Crippen molar-refractivity contribution in [2.24, 2.45) is 0 Å². The van der Waals surface area contributed by atoms with Gasteiger partial charge < -0.3 is 9.47 Å². The number of carbonyl (C=O) groups excluding carboxylic acids is 1. The van der Waals surface area contributed by atoms with E-state index in [-0.39, 0.29) is 11.9 Å². The van der Waals surface area contributed by atoms with E-state index in [1.54, 1.807) is 0 Å². The van der Waals surface area contributed by atoms with E-state index < -0.39 is 0 Å². The highest BCUT2D eigenvalue weighted by molar-refractivity contribution is 5.82. The number of aromatic nitrogens is 3. The summed E-state index contributed by atoms with van der Waals surface area (Å²) in [6, 6.07) is 20.5. The minimum atomic E-state index is -0.0294. The third-order valence-electron chi connectivity index (χ3n) is 5.97. The van der Waals surface area contributed by atoms with Crippen LogP contribution in [0.25, 0.3) is 11.4 Å². The molecule has 3 aromatic rings. The molecule has 0 N–H and O–H groups in total. The van der Waals surface area contributed by atoms with E-state index >= 15 is 0 Å². The zero-order valence-corrected chi connectivity index (χ0v) is 16.4. The van der Waals surface area contributed by atoms with E-state index in [0.29, 0.717) is 13.1 Å². The number of carbonyl (C=O) groups is 1. The molecule has 3 heterocycles. The monoisotopic (exact) mass is 387 g/mol. The second-order valence-electron chi connectivity index (χ2n) is 7.83. The Hall–Kier alpha value is -2.99. The molecular formula is C23H25N5O. The molecule has 0 radical (unpaired) electrons. The topological polar surface area (TPSA) is 54.3 Å². The molecule has 6 nitrogen and oxygen atoms in total. The van der Waals surface area contributed by atoms with E-state index in [1.165, 1.54) is 5.56 Å². The van der Waals surface area contributed by atoms with Crippen LogP contribution in [0.3, 0.4) is 0 Å². The highest BCUT2D eigenvalue weighted by atomic mass is 16.2. The Morgan fingerprint density at radius 3 is 2.48 bits per heavy atom. The fourth-order valence-electron chi connectivity index (χ4n) is 4.47. The highest BCUT2D eigenvalue weighted by Crippen LogP contribution is 2.25. The lowest BCUT2D eigenvalue weighted by Gasteiger charge is -2.33. The molecule has 0 spiro atoms. The molecule has 6 heteroatoms. The number of likely N-dealkylation sites (tertiary alicyclic amines) is 1. The van der Waals surface area contributed by atoms with Gasteiger partial charge in [0.05, 0.1) is 12.6 Å². The average molecular weight is 387 g/mol. The summed E-state index contributed by atoms with van der Waals surface area (Å²) < 4.78 is 2.15. The van der Waals surface area contributed by atoms with Gasteiger partial charge in [-0.05, 0) is 24.9 Å². The highest BCUT2D eigenvalue weighted by Gasteiger charge is 2.35. The summed E-state index contributed by atoms with van der Waals surface area (Å²) in [5, 5.41) is 8.78. The fraction of sp³-hybridized carbons (Fsp3) is 0.348. The first-order valence-corrected chi connectivity index (χ1v) is 10.3. The van der Waals surface area contributed by atoms with Gasteiger partial charge in [-0.15, -0.1) is 10.2 Å². The van der Waals surface area contributed by atoms with Gasteiger partial charge in [0, 0.05) is 25.2 Å². The summed E-state index contributed by atoms with van der Waals surface area (Å²) >= 11 is 0. The number of benzene rings is 2. The number of nitrogens with zero attached hydrogens (tertiary/aromatic N) is 5. The maximum atomic E-state index is 13.3. The molecule has 1 fully saturated rings. The molecule has 1 atom stereocenters. The largest absolute Gasteiger partial charge is 0.332 e. The quantitative estimate of drug-likeness (QED) is 0.691. The predicted molar refractivity (Wildman–Crippen MR) is 111 cm³/mol. The lowest BCUT2D eigenvalue weighted by atomic mass is 10.1. The smallest absolute Gasteiger partial charge is 0.240 e. The van der Waals surface area contributed by atoms with Gasteiger partial charge in [0.25, 0.3) is 0 Å². The van der Waals surface area contributed by atoms with E-state index in [0.717, 1.165) is 49.7 Å². The van der Waals surface area contributed by atoms with Gasteiger partial charge in [-0.25, -0.2) is 0 Å². The van der Waals surface area contributed by atoms with Crippen molar-refractivity contribution in [1.29, 1.82) is 0 Å². The van der Waals surface area contributed by atoms with Crippen LogP contribution in [0.15, 0.2) is 60.7 Å². The summed E-state index contributed by atoms with van der Waals surface area (Å²) in [4.78, 5) is 17.6. The van der Waals surface area contributed by atoms with Crippen LogP contribution in [0.5, 0.6) is 0 Å². The minimum Gasteiger partial charge on any atom is -0.332 e. The second-order valence-corrected chi connectivity index (χ2v) is 7.83. The van der Waals surface area contributed by atoms with Crippen LogP contribution in [0.2, 0.25) is 0 Å². The zero-order valence-electron chi connectivity index (χ0n) is 16.4. The maximum Gasteiger partial charge on any atom is 0.240 e. The van der Waals surface area contributed by atoms with Gasteiger partial charge in [-0.1, -0.05) is 60.7 Å². The van der Waals surface area contributed by atoms with Crippen molar-refractivity contribution < 1.29 is 4.79 Å². The van der Waals surface area contributed by atoms with Crippen molar-refractivity contribution in [1.82, 2.24) is 24.6 Å². The molecule has 0 bridgehead atoms. The van der Waals surface area contributed by atoms with Crippen LogP contribution in [-0.2, 0) is 24.4 Å². The van der Waals surface area contributed by atoms with Gasteiger partial charge >= 0.3 is 0 Å². The van der Waals surface area contributed by atoms with Crippen LogP contribution in [-0.4, -0.2) is 49.6 Å². The Labute approximate surface area is 170 Å². The van der Waals surface area contributed by atoms with Crippen molar-refractivity contribution in [3.8, 4) is 11.4 Å². The fourth-order valence-corrected chi connectivity index (χ4v) is 4.47. The first-order chi connectivity index (χ1) is 14.3. The van der Waals surface area contributed by atoms with Crippen molar-refractivity contribution in [2.45, 2.75) is 38.5 Å². The molecule has 1 saturated heterocycles. The van der Waals surface area contributed by atoms with Crippen molar-refractivity contribution >= 4 is 5.91 Å². The molecule has 1 unspecified atom stereocenters. The molecule has 1 aromatic heterocycles. The van der Waals surface area contributed by atoms with Crippen molar-refractivity contribution in [3.05, 3.63) is 72.1 Å². The number of amides is 1. The molecule has 0 saturated carbocycles. The number of rotatable bonds is 4. The van der Waals surface area contributed by atoms with Crippen LogP contribution in [0.4, 0.5) is 0 Å². The lowest BCUT2D eigenvalue weighted by Crippen LogP contribution is -2.48. The molecule has 29 heavy (non-hydrogen) atoms. The van der Waals surface area contributed by atoms with Crippen molar-refractivity contribution in [2.75, 3.05) is 13.1 Å². The lowest BCUT2D eigenvalue weighted by molar-refractivity contribution is -0.137. The molecular weight excluding hydrogens is 362 g/mol. The van der Waals surface area contributed by atoms with E-state index in [9.17, 15) is 4.79 Å². The SMILES string of the molecule is O=C(C1CCCN1Cc1ccccc1)N1CCn2c(nnc2-c2ccccc2)C1. The van der Waals surface area contributed by atoms with Crippen LogP contribution in [0, 0.1) is 0 Å². The molecule has 2 aliphatic heterocycles. The van der Waals surface area contributed by atoms with Crippen molar-refractivity contribution in [3.63, 3.8) is 0 Å². The first kappa shape index (κ1) is 18.1. The third-order valence-corrected chi connectivity index (χ3v) is 5.97. The van der Waals surface area contributed by atoms with Crippen LogP contribution < -0.4 is 0 Å². The summed E-state index contributed by atoms with van der Waals surface area (Å²) in [6.45, 7) is 3.80. The Morgan fingerprint density at radius 2 is 1.69 bits per heavy atom. The van der Waals surface area contributed by atoms with Gasteiger partial charge in [0.15, 0.2) is 11.6 Å². The Balaban J connectivity index is 1.30. The Kier molecular flexibility index (Phi) is 4.86. The summed E-state index contributed by atoms with van der Waals surface area (Å²) in [5.74, 6) is 1.99. The van der Waals surface area contributed by atoms with Gasteiger partial charge in [-0.2, -0.15) is 0 Å². The van der Waals surface area contributed by atoms with Gasteiger partial charge in [0.1, 0.15) is 0 Å². The maximum absolute atomic E-state index is 13.3. The average Bonchev–Trinajstić information content (AvgIpc) is 3.41. The van der Waals surface area contributed by atoms with Crippen LogP contribution in [0.1, 0.15) is 24.2 Å². The molecule has 2 aliphatic rings. The standard InChI is InChI=1S/C23H25N5O/c29-23(20-12-7-13-26(20)16-18-8-3-1-4-9-18)27-14-15-28-21(17-27)24-25-22(28)19-10-5-2-6-11-19/h1-6,8-11,20H,7,12-17H2. The summed E-state index contributed by atoms with van der Waals surface area (Å²) in [5.41, 5.74) is 2.33. The Bertz CT molecular complexity index is 985. The van der Waals surface area contributed by atoms with Crippen LogP contribution >= 0.6 is 0 Å². The second kappa shape index (κ2) is 7.79. The third kappa shape index (κ3) is 3.56. The van der Waals surface area contributed by atoms with Gasteiger partial charge in [-0.3, -0.25) is 9.69 Å². The number of hydrogen-bond donors (Lipinski definition) is 0. The van der Waals surface area contributed by atoms with E-state index in [4.69, 9.17) is 0 Å². The zero-order chi connectivity index (χ0) is 19.6. The summed E-state index contributed by atoms with van der Waals surface area (Å²) in [7, 11) is 0. The molecule has 2 aromatic carbocycles. The normalized spacial score (nSPS) is 19.3. The number of fused-ring (bicyclic) bond motifs is 1. The molecule has 5 rings (SSSR count). The molecule has 0 aliphatic carbocycles. The number of hydrogen-bond acceptors (Lipinski definition) is 4. The Morgan fingerprint density at radius 1 is 0.931 bits per heavy atom. The van der Waals surface area contributed by atoms with E-state index in [1.807, 2.05) is 29.2 Å². The molecule has 1 amide bonds. The first-order valence-electron chi connectivity index (χ1n) is 10.3. The van der Waals surface area contributed by atoms with Gasteiger partial charge in [0.2, 0.25) is 5.91 Å².